The summed E-state index contributed by atoms with van der Waals surface area (Å²) in [6.45, 7) is 0. The van der Waals surface area contributed by atoms with Gasteiger partial charge >= 0.3 is 10.1 Å². The van der Waals surface area contributed by atoms with Gasteiger partial charge in [-0.05, 0) is 82.7 Å². The largest absolute Gasteiger partial charge is 0.508 e. The second kappa shape index (κ2) is 10.4. The fraction of sp³-hybridized carbons (Fsp3) is 0. The van der Waals surface area contributed by atoms with Crippen molar-refractivity contribution in [1.82, 2.24) is 0 Å². The molecule has 0 aliphatic heterocycles. The molecule has 0 saturated carbocycles. The van der Waals surface area contributed by atoms with Gasteiger partial charge < -0.3 is 14.6 Å². The predicted molar refractivity (Wildman–Crippen MR) is 131 cm³/mol. The van der Waals surface area contributed by atoms with Crippen molar-refractivity contribution in [3.05, 3.63) is 85.8 Å². The van der Waals surface area contributed by atoms with Crippen LogP contribution in [0.25, 0.3) is 6.08 Å². The third-order valence-electron chi connectivity index (χ3n) is 4.12. The number of nitriles is 1. The van der Waals surface area contributed by atoms with Gasteiger partial charge in [0.25, 0.3) is 5.91 Å². The van der Waals surface area contributed by atoms with Crippen molar-refractivity contribution in [2.75, 3.05) is 5.32 Å². The number of carbonyl (C=O) groups is 1. The van der Waals surface area contributed by atoms with Crippen LogP contribution in [0.15, 0.2) is 80.1 Å². The molecule has 11 heteroatoms. The Morgan fingerprint density at radius 1 is 1.09 bits per heavy atom. The summed E-state index contributed by atoms with van der Waals surface area (Å²) >= 11 is 12.4. The molecule has 0 radical (unpaired) electrons. The zero-order valence-electron chi connectivity index (χ0n) is 16.4. The van der Waals surface area contributed by atoms with E-state index in [1.54, 1.807) is 12.1 Å². The molecule has 0 bridgehead atoms. The Kier molecular flexibility index (Phi) is 7.81. The molecular formula is C22H13Br2ClN2O5S. The number of benzene rings is 3. The van der Waals surface area contributed by atoms with Gasteiger partial charge in [-0.25, -0.2) is 0 Å². The second-order valence-electron chi connectivity index (χ2n) is 6.47. The van der Waals surface area contributed by atoms with E-state index in [2.05, 4.69) is 37.2 Å². The van der Waals surface area contributed by atoms with Crippen LogP contribution in [-0.4, -0.2) is 19.4 Å². The van der Waals surface area contributed by atoms with Crippen LogP contribution >= 0.6 is 43.5 Å². The normalized spacial score (nSPS) is 11.5. The number of hydrogen-bond donors (Lipinski definition) is 2. The maximum atomic E-state index is 12.8. The molecule has 0 fully saturated rings. The predicted octanol–water partition coefficient (Wildman–Crippen LogP) is 5.88. The summed E-state index contributed by atoms with van der Waals surface area (Å²) in [5, 5.41) is 21.8. The van der Waals surface area contributed by atoms with Crippen molar-refractivity contribution in [2.24, 2.45) is 0 Å². The third kappa shape index (κ3) is 6.36. The van der Waals surface area contributed by atoms with Crippen LogP contribution in [0.5, 0.6) is 11.5 Å². The van der Waals surface area contributed by atoms with Crippen molar-refractivity contribution in [3.8, 4) is 17.6 Å². The molecule has 3 aromatic rings. The first kappa shape index (κ1) is 24.8. The van der Waals surface area contributed by atoms with Crippen molar-refractivity contribution in [3.63, 3.8) is 0 Å². The van der Waals surface area contributed by atoms with Crippen LogP contribution in [0.1, 0.15) is 5.56 Å². The first-order chi connectivity index (χ1) is 15.6. The van der Waals surface area contributed by atoms with Gasteiger partial charge in [0.15, 0.2) is 5.75 Å². The van der Waals surface area contributed by atoms with E-state index in [1.165, 1.54) is 60.7 Å². The molecule has 0 aromatic heterocycles. The molecule has 0 heterocycles. The highest BCUT2D eigenvalue weighted by Gasteiger charge is 2.22. The molecule has 1 amide bonds. The molecule has 7 nitrogen and oxygen atoms in total. The Bertz CT molecular complexity index is 1380. The van der Waals surface area contributed by atoms with E-state index in [9.17, 15) is 23.6 Å². The average molecular weight is 613 g/mol. The van der Waals surface area contributed by atoms with Crippen LogP contribution < -0.4 is 9.50 Å². The third-order valence-corrected chi connectivity index (χ3v) is 6.66. The molecule has 3 rings (SSSR count). The van der Waals surface area contributed by atoms with Crippen LogP contribution in [0.3, 0.4) is 0 Å². The number of hydrogen-bond acceptors (Lipinski definition) is 6. The molecule has 3 aromatic carbocycles. The number of carbonyl (C=O) groups excluding carboxylic acids is 1. The lowest BCUT2D eigenvalue weighted by Crippen LogP contribution is -2.14. The zero-order valence-corrected chi connectivity index (χ0v) is 21.2. The fourth-order valence-corrected chi connectivity index (χ4v) is 5.13. The fourth-order valence-electron chi connectivity index (χ4n) is 2.58. The molecule has 0 spiro atoms. The smallest absolute Gasteiger partial charge is 0.339 e. The lowest BCUT2D eigenvalue weighted by atomic mass is 10.1. The monoisotopic (exact) mass is 610 g/mol. The summed E-state index contributed by atoms with van der Waals surface area (Å²) in [6, 6.07) is 16.0. The SMILES string of the molecule is N#C/C(=C\c1cc(Br)cc(Br)c1OS(=O)(=O)c1ccc(Cl)cc1)C(=O)Nc1ccc(O)cc1. The van der Waals surface area contributed by atoms with Crippen LogP contribution in [0.4, 0.5) is 5.69 Å². The van der Waals surface area contributed by atoms with Crippen molar-refractivity contribution >= 4 is 71.2 Å². The summed E-state index contributed by atoms with van der Waals surface area (Å²) in [6.07, 6.45) is 1.21. The van der Waals surface area contributed by atoms with E-state index in [0.29, 0.717) is 15.2 Å². The average Bonchev–Trinajstić information content (AvgIpc) is 2.76. The Balaban J connectivity index is 1.99. The van der Waals surface area contributed by atoms with E-state index in [4.69, 9.17) is 15.8 Å². The molecule has 0 atom stereocenters. The highest BCUT2D eigenvalue weighted by atomic mass is 79.9. The van der Waals surface area contributed by atoms with Crippen LogP contribution in [-0.2, 0) is 14.9 Å². The van der Waals surface area contributed by atoms with Crippen LogP contribution in [0.2, 0.25) is 5.02 Å². The van der Waals surface area contributed by atoms with Gasteiger partial charge in [0.2, 0.25) is 0 Å². The van der Waals surface area contributed by atoms with Gasteiger partial charge in [-0.15, -0.1) is 0 Å². The maximum absolute atomic E-state index is 12.8. The second-order valence-corrected chi connectivity index (χ2v) is 10.2. The minimum Gasteiger partial charge on any atom is -0.508 e. The van der Waals surface area contributed by atoms with E-state index in [1.807, 2.05) is 0 Å². The van der Waals surface area contributed by atoms with Crippen molar-refractivity contribution in [2.45, 2.75) is 4.90 Å². The number of nitrogens with zero attached hydrogens (tertiary/aromatic N) is 1. The summed E-state index contributed by atoms with van der Waals surface area (Å²) in [4.78, 5) is 12.5. The molecule has 0 aliphatic rings. The minimum absolute atomic E-state index is 0.0201. The topological polar surface area (TPSA) is 116 Å². The van der Waals surface area contributed by atoms with Crippen molar-refractivity contribution < 1.29 is 22.5 Å². The number of rotatable bonds is 6. The number of amides is 1. The quantitative estimate of drug-likeness (QED) is 0.155. The highest BCUT2D eigenvalue weighted by Crippen LogP contribution is 2.36. The lowest BCUT2D eigenvalue weighted by molar-refractivity contribution is -0.112. The number of anilines is 1. The Morgan fingerprint density at radius 2 is 1.73 bits per heavy atom. The number of phenols is 1. The van der Waals surface area contributed by atoms with Crippen molar-refractivity contribution in [1.29, 1.82) is 5.26 Å². The lowest BCUT2D eigenvalue weighted by Gasteiger charge is -2.13. The minimum atomic E-state index is -4.24. The Hall–Kier alpha value is -2.84. The van der Waals surface area contributed by atoms with E-state index in [-0.39, 0.29) is 32.0 Å². The molecule has 33 heavy (non-hydrogen) atoms. The summed E-state index contributed by atoms with van der Waals surface area (Å²) < 4.78 is 31.7. The summed E-state index contributed by atoms with van der Waals surface area (Å²) in [7, 11) is -4.24. The number of nitrogens with one attached hydrogen (secondary N) is 1. The first-order valence-corrected chi connectivity index (χ1v) is 12.4. The number of halogens is 3. The summed E-state index contributed by atoms with van der Waals surface area (Å²) in [5.41, 5.74) is 0.212. The van der Waals surface area contributed by atoms with Gasteiger partial charge in [-0.2, -0.15) is 13.7 Å². The van der Waals surface area contributed by atoms with Gasteiger partial charge in [-0.3, -0.25) is 4.79 Å². The first-order valence-electron chi connectivity index (χ1n) is 9.00. The van der Waals surface area contributed by atoms with E-state index >= 15 is 0 Å². The maximum Gasteiger partial charge on any atom is 0.339 e. The molecule has 0 unspecified atom stereocenters. The van der Waals surface area contributed by atoms with Gasteiger partial charge in [0.1, 0.15) is 22.3 Å². The zero-order chi connectivity index (χ0) is 24.2. The molecule has 168 valence electrons. The molecular weight excluding hydrogens is 600 g/mol. The van der Waals surface area contributed by atoms with Crippen LogP contribution in [0, 0.1) is 11.3 Å². The number of aromatic hydroxyl groups is 1. The summed E-state index contributed by atoms with van der Waals surface area (Å²) in [5.74, 6) is -0.823. The van der Waals surface area contributed by atoms with Gasteiger partial charge in [0, 0.05) is 20.7 Å². The molecule has 0 saturated heterocycles. The number of phenolic OH excluding ortho intramolecular Hbond substituents is 1. The van der Waals surface area contributed by atoms with Gasteiger partial charge in [0.05, 0.1) is 4.47 Å². The van der Waals surface area contributed by atoms with E-state index < -0.39 is 16.0 Å². The molecule has 2 N–H and O–H groups in total. The molecule has 0 aliphatic carbocycles. The highest BCUT2D eigenvalue weighted by molar-refractivity contribution is 9.11. The Labute approximate surface area is 211 Å². The standard InChI is InChI=1S/C22H13Br2ClN2O5S/c23-15-10-13(9-14(12-26)22(29)27-17-3-5-18(28)6-4-17)21(20(24)11-15)32-33(30,31)19-7-1-16(25)2-8-19/h1-11,28H,(H,27,29)/b14-9+. The Morgan fingerprint density at radius 3 is 2.33 bits per heavy atom. The van der Waals surface area contributed by atoms with Gasteiger partial charge in [-0.1, -0.05) is 27.5 Å². The van der Waals surface area contributed by atoms with E-state index in [0.717, 1.165) is 0 Å².